The van der Waals surface area contributed by atoms with E-state index < -0.39 is 0 Å². The van der Waals surface area contributed by atoms with Crippen molar-refractivity contribution in [2.45, 2.75) is 13.1 Å². The van der Waals surface area contributed by atoms with Gasteiger partial charge < -0.3 is 9.32 Å². The number of thiophene rings is 2. The maximum atomic E-state index is 12.7. The summed E-state index contributed by atoms with van der Waals surface area (Å²) in [4.78, 5) is 16.4. The molecule has 3 aromatic heterocycles. The van der Waals surface area contributed by atoms with Crippen LogP contribution in [-0.2, 0) is 13.1 Å². The zero-order valence-electron chi connectivity index (χ0n) is 11.0. The van der Waals surface area contributed by atoms with E-state index in [1.54, 1.807) is 23.9 Å². The summed E-state index contributed by atoms with van der Waals surface area (Å²) in [6, 6.07) is 7.80. The number of nitrogens with zero attached hydrogens (tertiary/aromatic N) is 1. The second kappa shape index (κ2) is 6.60. The Morgan fingerprint density at radius 3 is 2.81 bits per heavy atom. The molecular formula is C15H12BrNO2S2. The Labute approximate surface area is 139 Å². The van der Waals surface area contributed by atoms with Gasteiger partial charge in [0.15, 0.2) is 0 Å². The van der Waals surface area contributed by atoms with E-state index in [1.165, 1.54) is 16.2 Å². The van der Waals surface area contributed by atoms with Gasteiger partial charge in [0.2, 0.25) is 0 Å². The first kappa shape index (κ1) is 14.6. The normalized spacial score (nSPS) is 10.7. The molecule has 1 amide bonds. The maximum Gasteiger partial charge on any atom is 0.264 e. The number of carbonyl (C=O) groups excluding carboxylic acids is 1. The van der Waals surface area contributed by atoms with Crippen molar-refractivity contribution in [3.63, 3.8) is 0 Å². The van der Waals surface area contributed by atoms with Gasteiger partial charge in [-0.2, -0.15) is 0 Å². The zero-order valence-corrected chi connectivity index (χ0v) is 14.2. The van der Waals surface area contributed by atoms with Gasteiger partial charge in [0.1, 0.15) is 0 Å². The molecule has 0 aliphatic carbocycles. The van der Waals surface area contributed by atoms with Gasteiger partial charge in [-0.3, -0.25) is 4.79 Å². The van der Waals surface area contributed by atoms with Crippen LogP contribution in [0, 0.1) is 0 Å². The van der Waals surface area contributed by atoms with Crippen LogP contribution in [0.1, 0.15) is 20.1 Å². The Morgan fingerprint density at radius 2 is 2.19 bits per heavy atom. The average molecular weight is 382 g/mol. The third kappa shape index (κ3) is 3.64. The minimum atomic E-state index is 0.0419. The van der Waals surface area contributed by atoms with Gasteiger partial charge in [0, 0.05) is 26.8 Å². The lowest BCUT2D eigenvalue weighted by molar-refractivity contribution is 0.0736. The van der Waals surface area contributed by atoms with Gasteiger partial charge in [0.05, 0.1) is 23.9 Å². The van der Waals surface area contributed by atoms with E-state index in [0.717, 1.165) is 14.9 Å². The van der Waals surface area contributed by atoms with Crippen LogP contribution < -0.4 is 0 Å². The molecule has 0 bridgehead atoms. The summed E-state index contributed by atoms with van der Waals surface area (Å²) >= 11 is 6.51. The molecule has 0 aromatic carbocycles. The number of hydrogen-bond donors (Lipinski definition) is 0. The molecule has 3 heterocycles. The van der Waals surface area contributed by atoms with Gasteiger partial charge in [-0.05, 0) is 39.5 Å². The molecule has 0 N–H and O–H groups in total. The van der Waals surface area contributed by atoms with Gasteiger partial charge in [-0.25, -0.2) is 0 Å². The summed E-state index contributed by atoms with van der Waals surface area (Å²) in [6.45, 7) is 1.15. The van der Waals surface area contributed by atoms with Gasteiger partial charge in [-0.1, -0.05) is 6.07 Å². The molecule has 0 atom stereocenters. The lowest BCUT2D eigenvalue weighted by Gasteiger charge is -2.20. The predicted octanol–water partition coefficient (Wildman–Crippen LogP) is 5.01. The third-order valence-corrected chi connectivity index (χ3v) is 5.49. The molecule has 3 aromatic rings. The van der Waals surface area contributed by atoms with Crippen LogP contribution in [0.3, 0.4) is 0 Å². The Balaban J connectivity index is 1.82. The zero-order chi connectivity index (χ0) is 14.7. The highest BCUT2D eigenvalue weighted by atomic mass is 79.9. The van der Waals surface area contributed by atoms with Crippen molar-refractivity contribution in [2.75, 3.05) is 0 Å². The van der Waals surface area contributed by atoms with E-state index in [1.807, 2.05) is 39.9 Å². The quantitative estimate of drug-likeness (QED) is 0.622. The number of rotatable bonds is 5. The van der Waals surface area contributed by atoms with Crippen molar-refractivity contribution in [3.8, 4) is 0 Å². The molecule has 0 unspecified atom stereocenters. The summed E-state index contributed by atoms with van der Waals surface area (Å²) in [5.41, 5.74) is 0.996. The van der Waals surface area contributed by atoms with Crippen LogP contribution in [-0.4, -0.2) is 10.8 Å². The van der Waals surface area contributed by atoms with Gasteiger partial charge in [0.25, 0.3) is 5.91 Å². The first-order chi connectivity index (χ1) is 10.2. The van der Waals surface area contributed by atoms with Crippen LogP contribution in [0.25, 0.3) is 0 Å². The highest BCUT2D eigenvalue weighted by Crippen LogP contribution is 2.23. The van der Waals surface area contributed by atoms with Crippen LogP contribution >= 0.6 is 38.6 Å². The smallest absolute Gasteiger partial charge is 0.264 e. The van der Waals surface area contributed by atoms with Crippen molar-refractivity contribution in [2.24, 2.45) is 0 Å². The number of hydrogen-bond acceptors (Lipinski definition) is 4. The Bertz CT molecular complexity index is 668. The van der Waals surface area contributed by atoms with E-state index >= 15 is 0 Å². The fourth-order valence-electron chi connectivity index (χ4n) is 1.97. The van der Waals surface area contributed by atoms with Crippen LogP contribution in [0.5, 0.6) is 0 Å². The summed E-state index contributed by atoms with van der Waals surface area (Å²) in [5.74, 6) is 0.0419. The van der Waals surface area contributed by atoms with E-state index in [2.05, 4.69) is 15.9 Å². The number of carbonyl (C=O) groups is 1. The molecule has 0 aliphatic rings. The summed E-state index contributed by atoms with van der Waals surface area (Å²) < 4.78 is 6.04. The maximum absolute atomic E-state index is 12.7. The first-order valence-electron chi connectivity index (χ1n) is 6.29. The molecule has 0 spiro atoms. The largest absolute Gasteiger partial charge is 0.472 e. The van der Waals surface area contributed by atoms with E-state index in [9.17, 15) is 4.79 Å². The molecule has 0 saturated heterocycles. The first-order valence-corrected chi connectivity index (χ1v) is 8.84. The monoisotopic (exact) mass is 381 g/mol. The fraction of sp³-hybridized carbons (Fsp3) is 0.133. The van der Waals surface area contributed by atoms with E-state index in [0.29, 0.717) is 13.1 Å². The number of amides is 1. The molecule has 21 heavy (non-hydrogen) atoms. The lowest BCUT2D eigenvalue weighted by Crippen LogP contribution is -2.29. The van der Waals surface area contributed by atoms with Crippen molar-refractivity contribution >= 4 is 44.5 Å². The minimum Gasteiger partial charge on any atom is -0.472 e. The molecule has 3 rings (SSSR count). The molecule has 3 nitrogen and oxygen atoms in total. The molecule has 0 saturated carbocycles. The molecule has 108 valence electrons. The lowest BCUT2D eigenvalue weighted by atomic mass is 10.2. The second-order valence-electron chi connectivity index (χ2n) is 4.50. The predicted molar refractivity (Wildman–Crippen MR) is 88.6 cm³/mol. The summed E-state index contributed by atoms with van der Waals surface area (Å²) in [6.07, 6.45) is 3.31. The molecule has 0 aliphatic heterocycles. The van der Waals surface area contributed by atoms with Crippen LogP contribution in [0.4, 0.5) is 0 Å². The second-order valence-corrected chi connectivity index (χ2v) is 7.36. The minimum absolute atomic E-state index is 0.0419. The Morgan fingerprint density at radius 1 is 1.29 bits per heavy atom. The number of furan rings is 1. The standard InChI is InChI=1S/C15H12BrNO2S2/c16-12-6-14(21-10-12)15(18)17(7-11-3-4-19-9-11)8-13-2-1-5-20-13/h1-6,9-10H,7-8H2. The summed E-state index contributed by atoms with van der Waals surface area (Å²) in [5, 5.41) is 3.95. The molecule has 0 fully saturated rings. The topological polar surface area (TPSA) is 33.5 Å². The Kier molecular flexibility index (Phi) is 4.57. The van der Waals surface area contributed by atoms with Gasteiger partial charge in [-0.15, -0.1) is 22.7 Å². The van der Waals surface area contributed by atoms with Crippen molar-refractivity contribution < 1.29 is 9.21 Å². The third-order valence-electron chi connectivity index (χ3n) is 2.95. The van der Waals surface area contributed by atoms with Crippen molar-refractivity contribution in [1.82, 2.24) is 4.90 Å². The van der Waals surface area contributed by atoms with E-state index in [-0.39, 0.29) is 5.91 Å². The fourth-order valence-corrected chi connectivity index (χ4v) is 4.09. The molecular weight excluding hydrogens is 370 g/mol. The van der Waals surface area contributed by atoms with E-state index in [4.69, 9.17) is 4.42 Å². The van der Waals surface area contributed by atoms with Crippen LogP contribution in [0.2, 0.25) is 0 Å². The molecule has 6 heteroatoms. The van der Waals surface area contributed by atoms with Gasteiger partial charge >= 0.3 is 0 Å². The highest BCUT2D eigenvalue weighted by molar-refractivity contribution is 9.10. The summed E-state index contributed by atoms with van der Waals surface area (Å²) in [7, 11) is 0. The SMILES string of the molecule is O=C(c1cc(Br)cs1)N(Cc1ccoc1)Cc1cccs1. The van der Waals surface area contributed by atoms with Crippen molar-refractivity contribution in [3.05, 3.63) is 67.3 Å². The van der Waals surface area contributed by atoms with Crippen LogP contribution in [0.15, 0.2) is 56.4 Å². The molecule has 0 radical (unpaired) electrons. The highest BCUT2D eigenvalue weighted by Gasteiger charge is 2.19. The average Bonchev–Trinajstić information content (AvgIpc) is 3.19. The van der Waals surface area contributed by atoms with Crippen molar-refractivity contribution in [1.29, 1.82) is 0 Å². The number of halogens is 1. The Hall–Kier alpha value is -1.37.